The Labute approximate surface area is 157 Å². The number of carboxylic acids is 1. The first-order chi connectivity index (χ1) is 12.5. The van der Waals surface area contributed by atoms with E-state index in [9.17, 15) is 9.59 Å². The first kappa shape index (κ1) is 19.6. The molecular formula is C20H21NO4S. The molecule has 2 aromatic carbocycles. The van der Waals surface area contributed by atoms with Gasteiger partial charge in [0, 0.05) is 15.4 Å². The molecule has 136 valence electrons. The Morgan fingerprint density at radius 2 is 1.81 bits per heavy atom. The summed E-state index contributed by atoms with van der Waals surface area (Å²) in [6.07, 6.45) is -0.317. The van der Waals surface area contributed by atoms with Crippen LogP contribution in [0.5, 0.6) is 0 Å². The molecule has 0 saturated heterocycles. The molecule has 0 heterocycles. The van der Waals surface area contributed by atoms with Crippen LogP contribution in [-0.2, 0) is 9.53 Å². The summed E-state index contributed by atoms with van der Waals surface area (Å²) >= 11 is 1.55. The van der Waals surface area contributed by atoms with E-state index in [0.29, 0.717) is 12.1 Å². The van der Waals surface area contributed by atoms with Gasteiger partial charge in [0.2, 0.25) is 0 Å². The maximum Gasteiger partial charge on any atom is 0.411 e. The van der Waals surface area contributed by atoms with Gasteiger partial charge in [-0.05, 0) is 44.0 Å². The molecule has 26 heavy (non-hydrogen) atoms. The number of carbonyl (C=O) groups is 2. The Morgan fingerprint density at radius 1 is 1.15 bits per heavy atom. The van der Waals surface area contributed by atoms with Gasteiger partial charge in [-0.25, -0.2) is 9.59 Å². The summed E-state index contributed by atoms with van der Waals surface area (Å²) in [7, 11) is 0. The largest absolute Gasteiger partial charge is 0.478 e. The van der Waals surface area contributed by atoms with Crippen LogP contribution in [-0.4, -0.2) is 23.3 Å². The number of anilines is 1. The summed E-state index contributed by atoms with van der Waals surface area (Å²) in [5.41, 5.74) is 0.763. The molecule has 0 aliphatic rings. The van der Waals surface area contributed by atoms with Crippen molar-refractivity contribution in [2.75, 3.05) is 5.32 Å². The lowest BCUT2D eigenvalue weighted by Gasteiger charge is -2.15. The van der Waals surface area contributed by atoms with E-state index in [-0.39, 0.29) is 12.0 Å². The summed E-state index contributed by atoms with van der Waals surface area (Å²) in [5, 5.41) is 11.6. The quantitative estimate of drug-likeness (QED) is 0.624. The second-order valence-electron chi connectivity index (χ2n) is 5.70. The van der Waals surface area contributed by atoms with E-state index in [1.165, 1.54) is 0 Å². The van der Waals surface area contributed by atoms with E-state index in [2.05, 4.69) is 11.9 Å². The smallest absolute Gasteiger partial charge is 0.411 e. The van der Waals surface area contributed by atoms with Crippen molar-refractivity contribution in [3.63, 3.8) is 0 Å². The number of rotatable bonds is 8. The van der Waals surface area contributed by atoms with Crippen LogP contribution < -0.4 is 5.32 Å². The Bertz CT molecular complexity index is 776. The minimum atomic E-state index is -1.03. The van der Waals surface area contributed by atoms with Gasteiger partial charge in [-0.15, -0.1) is 0 Å². The highest BCUT2D eigenvalue weighted by Gasteiger charge is 2.14. The number of hydrogen-bond acceptors (Lipinski definition) is 4. The maximum atomic E-state index is 12.1. The van der Waals surface area contributed by atoms with Crippen LogP contribution in [0.15, 0.2) is 76.5 Å². The van der Waals surface area contributed by atoms with Crippen molar-refractivity contribution in [1.82, 2.24) is 0 Å². The number of aliphatic carboxylic acids is 1. The molecule has 2 N–H and O–H groups in total. The molecule has 0 aromatic heterocycles. The van der Waals surface area contributed by atoms with Gasteiger partial charge in [-0.3, -0.25) is 5.32 Å². The predicted molar refractivity (Wildman–Crippen MR) is 103 cm³/mol. The third-order valence-corrected chi connectivity index (χ3v) is 4.64. The van der Waals surface area contributed by atoms with Gasteiger partial charge in [-0.2, -0.15) is 0 Å². The van der Waals surface area contributed by atoms with Crippen molar-refractivity contribution in [2.45, 2.75) is 35.7 Å². The molecule has 0 aliphatic carbocycles. The average Bonchev–Trinajstić information content (AvgIpc) is 2.62. The van der Waals surface area contributed by atoms with Crippen molar-refractivity contribution in [3.05, 3.63) is 66.7 Å². The molecule has 2 aromatic rings. The lowest BCUT2D eigenvalue weighted by molar-refractivity contribution is -0.132. The number of benzene rings is 2. The number of carbonyl (C=O) groups excluding carboxylic acids is 1. The molecule has 6 heteroatoms. The van der Waals surface area contributed by atoms with E-state index in [1.54, 1.807) is 18.7 Å². The number of para-hydroxylation sites is 1. The summed E-state index contributed by atoms with van der Waals surface area (Å²) in [6.45, 7) is 5.19. The zero-order valence-corrected chi connectivity index (χ0v) is 15.3. The van der Waals surface area contributed by atoms with E-state index in [1.807, 2.05) is 54.6 Å². The van der Waals surface area contributed by atoms with Crippen LogP contribution in [0.1, 0.15) is 19.8 Å². The van der Waals surface area contributed by atoms with Crippen LogP contribution in [0, 0.1) is 0 Å². The normalized spacial score (nSPS) is 11.4. The van der Waals surface area contributed by atoms with Crippen molar-refractivity contribution in [1.29, 1.82) is 0 Å². The van der Waals surface area contributed by atoms with Gasteiger partial charge in [0.15, 0.2) is 0 Å². The third kappa shape index (κ3) is 6.29. The molecule has 0 spiro atoms. The van der Waals surface area contributed by atoms with E-state index >= 15 is 0 Å². The number of carboxylic acid groups (broad SMARTS) is 1. The number of amides is 1. The second-order valence-corrected chi connectivity index (χ2v) is 6.81. The highest BCUT2D eigenvalue weighted by atomic mass is 32.2. The van der Waals surface area contributed by atoms with Crippen LogP contribution in [0.2, 0.25) is 0 Å². The van der Waals surface area contributed by atoms with Crippen molar-refractivity contribution in [2.24, 2.45) is 0 Å². The fourth-order valence-electron chi connectivity index (χ4n) is 2.14. The summed E-state index contributed by atoms with van der Waals surface area (Å²) in [5.74, 6) is -1.03. The van der Waals surface area contributed by atoms with E-state index < -0.39 is 18.2 Å². The van der Waals surface area contributed by atoms with Gasteiger partial charge in [-0.1, -0.05) is 48.7 Å². The maximum absolute atomic E-state index is 12.1. The molecule has 0 aliphatic heterocycles. The monoisotopic (exact) mass is 371 g/mol. The van der Waals surface area contributed by atoms with Gasteiger partial charge < -0.3 is 9.84 Å². The van der Waals surface area contributed by atoms with Crippen molar-refractivity contribution < 1.29 is 19.4 Å². The van der Waals surface area contributed by atoms with E-state index in [4.69, 9.17) is 9.84 Å². The number of ether oxygens (including phenoxy) is 1. The first-order valence-electron chi connectivity index (χ1n) is 8.16. The van der Waals surface area contributed by atoms with Crippen molar-refractivity contribution in [3.8, 4) is 0 Å². The first-order valence-corrected chi connectivity index (χ1v) is 8.98. The van der Waals surface area contributed by atoms with Crippen LogP contribution in [0.3, 0.4) is 0 Å². The van der Waals surface area contributed by atoms with Gasteiger partial charge in [0.05, 0.1) is 5.69 Å². The lowest BCUT2D eigenvalue weighted by atomic mass is 10.1. The molecule has 0 bridgehead atoms. The fourth-order valence-corrected chi connectivity index (χ4v) is 3.06. The fraction of sp³-hybridized carbons (Fsp3) is 0.200. The third-order valence-electron chi connectivity index (χ3n) is 3.56. The van der Waals surface area contributed by atoms with Crippen molar-refractivity contribution >= 4 is 29.5 Å². The minimum Gasteiger partial charge on any atom is -0.478 e. The summed E-state index contributed by atoms with van der Waals surface area (Å²) < 4.78 is 5.30. The lowest BCUT2D eigenvalue weighted by Crippen LogP contribution is -2.21. The number of hydrogen-bond donors (Lipinski definition) is 2. The second kappa shape index (κ2) is 9.68. The molecule has 0 saturated carbocycles. The molecule has 1 atom stereocenters. The van der Waals surface area contributed by atoms with Gasteiger partial charge >= 0.3 is 12.1 Å². The highest BCUT2D eigenvalue weighted by Crippen LogP contribution is 2.33. The number of nitrogens with one attached hydrogen (secondary N) is 1. The Hall–Kier alpha value is -2.73. The average molecular weight is 371 g/mol. The Morgan fingerprint density at radius 3 is 2.50 bits per heavy atom. The molecular weight excluding hydrogens is 350 g/mol. The van der Waals surface area contributed by atoms with Crippen LogP contribution in [0.25, 0.3) is 0 Å². The predicted octanol–water partition coefficient (Wildman–Crippen LogP) is 5.20. The molecule has 5 nitrogen and oxygen atoms in total. The van der Waals surface area contributed by atoms with Crippen LogP contribution >= 0.6 is 11.8 Å². The Kier molecular flexibility index (Phi) is 7.29. The van der Waals surface area contributed by atoms with Gasteiger partial charge in [0.1, 0.15) is 6.10 Å². The SMILES string of the molecule is C=C(CCC(C)OC(=O)Nc1ccccc1Sc1ccccc1)C(=O)O. The molecule has 1 unspecified atom stereocenters. The molecule has 0 radical (unpaired) electrons. The topological polar surface area (TPSA) is 75.6 Å². The summed E-state index contributed by atoms with van der Waals surface area (Å²) in [6, 6.07) is 17.3. The molecule has 1 amide bonds. The van der Waals surface area contributed by atoms with Gasteiger partial charge in [0.25, 0.3) is 0 Å². The Balaban J connectivity index is 1.92. The zero-order chi connectivity index (χ0) is 18.9. The standard InChI is InChI=1S/C20H21NO4S/c1-14(19(22)23)12-13-15(2)25-20(24)21-17-10-6-7-11-18(17)26-16-8-4-3-5-9-16/h3-11,15H,1,12-13H2,2H3,(H,21,24)(H,22,23). The summed E-state index contributed by atoms with van der Waals surface area (Å²) in [4.78, 5) is 24.8. The zero-order valence-electron chi connectivity index (χ0n) is 14.5. The molecule has 0 fully saturated rings. The minimum absolute atomic E-state index is 0.102. The van der Waals surface area contributed by atoms with E-state index in [0.717, 1.165) is 9.79 Å². The highest BCUT2D eigenvalue weighted by molar-refractivity contribution is 7.99. The molecule has 2 rings (SSSR count). The van der Waals surface area contributed by atoms with Crippen LogP contribution in [0.4, 0.5) is 10.5 Å².